The first-order valence-corrected chi connectivity index (χ1v) is 23.4. The van der Waals surface area contributed by atoms with Crippen LogP contribution >= 0.6 is 0 Å². The van der Waals surface area contributed by atoms with Crippen molar-refractivity contribution in [2.24, 2.45) is 0 Å². The number of esters is 1. The van der Waals surface area contributed by atoms with Gasteiger partial charge in [-0.05, 0) is 51.4 Å². The molecule has 0 amide bonds. The molecule has 0 bridgehead atoms. The van der Waals surface area contributed by atoms with E-state index in [2.05, 4.69) is 31.2 Å². The average molecular weight is 717 g/mol. The molecule has 1 N–H and O–H groups in total. The van der Waals surface area contributed by atoms with Gasteiger partial charge in [0.1, 0.15) is 0 Å². The molecule has 0 heterocycles. The van der Waals surface area contributed by atoms with Crippen molar-refractivity contribution in [3.8, 4) is 0 Å². The van der Waals surface area contributed by atoms with Crippen LogP contribution in [0.4, 0.5) is 0 Å². The van der Waals surface area contributed by atoms with Crippen molar-refractivity contribution in [3.63, 3.8) is 0 Å². The van der Waals surface area contributed by atoms with E-state index in [1.807, 2.05) is 0 Å². The number of hydrogen-bond donors (Lipinski definition) is 1. The van der Waals surface area contributed by atoms with E-state index >= 15 is 0 Å². The quantitative estimate of drug-likeness (QED) is 0.0388. The van der Waals surface area contributed by atoms with Crippen LogP contribution < -0.4 is 0 Å². The molecule has 3 nitrogen and oxygen atoms in total. The molecule has 51 heavy (non-hydrogen) atoms. The third-order valence-corrected chi connectivity index (χ3v) is 10.6. The summed E-state index contributed by atoms with van der Waals surface area (Å²) in [6.45, 7) is 3.24. The molecular formula is C48H92O3. The van der Waals surface area contributed by atoms with E-state index in [1.54, 1.807) is 0 Å². The smallest absolute Gasteiger partial charge is 0.305 e. The van der Waals surface area contributed by atoms with E-state index < -0.39 is 0 Å². The van der Waals surface area contributed by atoms with Crippen LogP contribution in [0.3, 0.4) is 0 Å². The van der Waals surface area contributed by atoms with Crippen LogP contribution in [0.1, 0.15) is 264 Å². The maximum Gasteiger partial charge on any atom is 0.305 e. The molecule has 0 aromatic carbocycles. The lowest BCUT2D eigenvalue weighted by Crippen LogP contribution is -2.05. The molecule has 0 saturated carbocycles. The second-order valence-electron chi connectivity index (χ2n) is 15.8. The number of aliphatic hydroxyl groups is 1. The Morgan fingerprint density at radius 3 is 1.08 bits per heavy atom. The van der Waals surface area contributed by atoms with Gasteiger partial charge in [0, 0.05) is 13.0 Å². The Balaban J connectivity index is 3.17. The van der Waals surface area contributed by atoms with E-state index in [-0.39, 0.29) is 5.97 Å². The van der Waals surface area contributed by atoms with Crippen LogP contribution in [-0.4, -0.2) is 24.3 Å². The van der Waals surface area contributed by atoms with E-state index in [4.69, 9.17) is 9.84 Å². The molecule has 0 aliphatic rings. The van der Waals surface area contributed by atoms with Crippen molar-refractivity contribution in [1.82, 2.24) is 0 Å². The van der Waals surface area contributed by atoms with Gasteiger partial charge < -0.3 is 9.84 Å². The fourth-order valence-corrected chi connectivity index (χ4v) is 7.15. The van der Waals surface area contributed by atoms with E-state index in [9.17, 15) is 4.79 Å². The summed E-state index contributed by atoms with van der Waals surface area (Å²) in [5.74, 6) is 0.0111. The van der Waals surface area contributed by atoms with Gasteiger partial charge in [-0.15, -0.1) is 0 Å². The highest BCUT2D eigenvalue weighted by Gasteiger charge is 2.03. The molecule has 0 aromatic rings. The third-order valence-electron chi connectivity index (χ3n) is 10.6. The van der Waals surface area contributed by atoms with Crippen molar-refractivity contribution in [2.75, 3.05) is 13.2 Å². The Kier molecular flexibility index (Phi) is 45.9. The van der Waals surface area contributed by atoms with Crippen LogP contribution in [-0.2, 0) is 9.53 Å². The zero-order valence-corrected chi connectivity index (χ0v) is 34.8. The number of unbranched alkanes of at least 4 members (excludes halogenated alkanes) is 35. The number of rotatable bonds is 44. The number of allylic oxidation sites excluding steroid dienone is 4. The lowest BCUT2D eigenvalue weighted by Gasteiger charge is -2.06. The molecule has 0 unspecified atom stereocenters. The molecule has 0 aliphatic heterocycles. The van der Waals surface area contributed by atoms with Gasteiger partial charge in [0.15, 0.2) is 0 Å². The lowest BCUT2D eigenvalue weighted by molar-refractivity contribution is -0.143. The highest BCUT2D eigenvalue weighted by Crippen LogP contribution is 2.16. The van der Waals surface area contributed by atoms with E-state index in [1.165, 1.54) is 218 Å². The minimum atomic E-state index is 0.0111. The minimum Gasteiger partial charge on any atom is -0.466 e. The van der Waals surface area contributed by atoms with Gasteiger partial charge in [0.25, 0.3) is 0 Å². The summed E-state index contributed by atoms with van der Waals surface area (Å²) < 4.78 is 5.46. The molecule has 0 fully saturated rings. The highest BCUT2D eigenvalue weighted by molar-refractivity contribution is 5.69. The summed E-state index contributed by atoms with van der Waals surface area (Å²) in [6.07, 6.45) is 61.6. The second kappa shape index (κ2) is 46.9. The maximum atomic E-state index is 12.0. The average Bonchev–Trinajstić information content (AvgIpc) is 3.14. The minimum absolute atomic E-state index is 0.0111. The van der Waals surface area contributed by atoms with Gasteiger partial charge >= 0.3 is 5.97 Å². The van der Waals surface area contributed by atoms with Crippen LogP contribution in [0.2, 0.25) is 0 Å². The molecule has 0 rings (SSSR count). The maximum absolute atomic E-state index is 12.0. The van der Waals surface area contributed by atoms with Crippen LogP contribution in [0, 0.1) is 0 Å². The summed E-state index contributed by atoms with van der Waals surface area (Å²) in [7, 11) is 0. The Hall–Kier alpha value is -1.09. The van der Waals surface area contributed by atoms with E-state index in [0.29, 0.717) is 19.6 Å². The Morgan fingerprint density at radius 2 is 0.706 bits per heavy atom. The van der Waals surface area contributed by atoms with Crippen LogP contribution in [0.25, 0.3) is 0 Å². The number of hydrogen-bond acceptors (Lipinski definition) is 3. The highest BCUT2D eigenvalue weighted by atomic mass is 16.5. The standard InChI is InChI=1S/C48H92O3/c1-2-3-4-5-6-7-8-9-24-27-30-33-36-39-42-45-48(50)51-47-44-41-38-35-32-29-26-23-21-19-17-15-13-11-10-12-14-16-18-20-22-25-28-31-34-37-40-43-46-49/h6-7,9,24,49H,2-5,8,10-23,25-47H2,1H3. The zero-order valence-electron chi connectivity index (χ0n) is 34.8. The molecule has 0 aromatic heterocycles. The first-order chi connectivity index (χ1) is 25.3. The first-order valence-electron chi connectivity index (χ1n) is 23.4. The van der Waals surface area contributed by atoms with Gasteiger partial charge in [-0.3, -0.25) is 4.79 Å². The van der Waals surface area contributed by atoms with Crippen molar-refractivity contribution in [2.45, 2.75) is 264 Å². The Morgan fingerprint density at radius 1 is 0.392 bits per heavy atom. The van der Waals surface area contributed by atoms with E-state index in [0.717, 1.165) is 32.1 Å². The summed E-state index contributed by atoms with van der Waals surface area (Å²) in [4.78, 5) is 12.0. The van der Waals surface area contributed by atoms with Crippen LogP contribution in [0.15, 0.2) is 24.3 Å². The number of aliphatic hydroxyl groups excluding tert-OH is 1. The van der Waals surface area contributed by atoms with Crippen molar-refractivity contribution < 1.29 is 14.6 Å². The van der Waals surface area contributed by atoms with Gasteiger partial charge in [-0.1, -0.05) is 230 Å². The molecule has 0 radical (unpaired) electrons. The van der Waals surface area contributed by atoms with Gasteiger partial charge in [0.2, 0.25) is 0 Å². The zero-order chi connectivity index (χ0) is 36.8. The molecular weight excluding hydrogens is 625 g/mol. The summed E-state index contributed by atoms with van der Waals surface area (Å²) in [5.41, 5.74) is 0. The predicted molar refractivity (Wildman–Crippen MR) is 227 cm³/mol. The van der Waals surface area contributed by atoms with Gasteiger partial charge in [-0.25, -0.2) is 0 Å². The molecule has 0 saturated heterocycles. The first kappa shape index (κ1) is 49.9. The SMILES string of the molecule is CCCCCC=CCC=CCCCCCCCC(=O)OCCCCCCCCCCCCCCCCCCCCCCCCCCCCCCO. The third kappa shape index (κ3) is 46.9. The topological polar surface area (TPSA) is 46.5 Å². The Labute approximate surface area is 321 Å². The monoisotopic (exact) mass is 717 g/mol. The number of ether oxygens (including phenoxy) is 1. The van der Waals surface area contributed by atoms with Gasteiger partial charge in [-0.2, -0.15) is 0 Å². The normalized spacial score (nSPS) is 11.8. The van der Waals surface area contributed by atoms with Gasteiger partial charge in [0.05, 0.1) is 6.61 Å². The summed E-state index contributed by atoms with van der Waals surface area (Å²) in [6, 6.07) is 0. The van der Waals surface area contributed by atoms with Crippen molar-refractivity contribution in [1.29, 1.82) is 0 Å². The van der Waals surface area contributed by atoms with Crippen molar-refractivity contribution in [3.05, 3.63) is 24.3 Å². The van der Waals surface area contributed by atoms with Crippen LogP contribution in [0.5, 0.6) is 0 Å². The Bertz CT molecular complexity index is 699. The summed E-state index contributed by atoms with van der Waals surface area (Å²) in [5, 5.41) is 8.81. The fourth-order valence-electron chi connectivity index (χ4n) is 7.15. The lowest BCUT2D eigenvalue weighted by atomic mass is 10.0. The summed E-state index contributed by atoms with van der Waals surface area (Å²) >= 11 is 0. The molecule has 0 atom stereocenters. The number of carbonyl (C=O) groups excluding carboxylic acids is 1. The largest absolute Gasteiger partial charge is 0.466 e. The molecule has 302 valence electrons. The second-order valence-corrected chi connectivity index (χ2v) is 15.8. The molecule has 0 spiro atoms. The molecule has 3 heteroatoms. The predicted octanol–water partition coefficient (Wildman–Crippen LogP) is 16.3. The molecule has 0 aliphatic carbocycles. The fraction of sp³-hybridized carbons (Fsp3) is 0.896. The number of carbonyl (C=O) groups is 1. The van der Waals surface area contributed by atoms with Crippen molar-refractivity contribution >= 4 is 5.97 Å².